The number of carbonyl (C=O) groups is 3. The van der Waals surface area contributed by atoms with Gasteiger partial charge in [0.25, 0.3) is 0 Å². The van der Waals surface area contributed by atoms with E-state index in [4.69, 9.17) is 4.42 Å². The van der Waals surface area contributed by atoms with Crippen LogP contribution >= 0.6 is 11.8 Å². The summed E-state index contributed by atoms with van der Waals surface area (Å²) >= 11 is 1.23. The lowest BCUT2D eigenvalue weighted by Gasteiger charge is -2.26. The summed E-state index contributed by atoms with van der Waals surface area (Å²) in [6.45, 7) is 1.62. The number of hydrogen-bond donors (Lipinski definition) is 2. The minimum absolute atomic E-state index is 0.0668. The van der Waals surface area contributed by atoms with Gasteiger partial charge >= 0.3 is 5.91 Å². The van der Waals surface area contributed by atoms with Gasteiger partial charge in [-0.3, -0.25) is 25.2 Å². The SMILES string of the molecule is O=C(CSCC(=O)N1CCCCC1)NNC(=O)c1ccco1. The first-order valence-corrected chi connectivity index (χ1v) is 8.30. The van der Waals surface area contributed by atoms with Gasteiger partial charge in [0.1, 0.15) is 0 Å². The van der Waals surface area contributed by atoms with E-state index in [0.717, 1.165) is 25.9 Å². The van der Waals surface area contributed by atoms with E-state index in [-0.39, 0.29) is 29.1 Å². The first-order valence-electron chi connectivity index (χ1n) is 7.15. The molecule has 0 atom stereocenters. The lowest BCUT2D eigenvalue weighted by atomic mass is 10.1. The summed E-state index contributed by atoms with van der Waals surface area (Å²) in [6.07, 6.45) is 4.65. The van der Waals surface area contributed by atoms with E-state index in [1.54, 1.807) is 6.07 Å². The highest BCUT2D eigenvalue weighted by molar-refractivity contribution is 8.00. The van der Waals surface area contributed by atoms with E-state index in [1.807, 2.05) is 4.90 Å². The van der Waals surface area contributed by atoms with Crippen LogP contribution in [-0.4, -0.2) is 47.2 Å². The molecule has 0 aromatic carbocycles. The molecule has 0 spiro atoms. The lowest BCUT2D eigenvalue weighted by Crippen LogP contribution is -2.42. The molecule has 0 aliphatic carbocycles. The average Bonchev–Trinajstić information content (AvgIpc) is 3.08. The molecule has 2 rings (SSSR count). The van der Waals surface area contributed by atoms with Crippen molar-refractivity contribution in [2.75, 3.05) is 24.6 Å². The van der Waals surface area contributed by atoms with Gasteiger partial charge in [-0.15, -0.1) is 11.8 Å². The van der Waals surface area contributed by atoms with Crippen LogP contribution in [0.3, 0.4) is 0 Å². The number of nitrogens with one attached hydrogen (secondary N) is 2. The molecule has 22 heavy (non-hydrogen) atoms. The number of hydrazine groups is 1. The first kappa shape index (κ1) is 16.4. The molecule has 3 amide bonds. The van der Waals surface area contributed by atoms with E-state index in [1.165, 1.54) is 30.5 Å². The maximum atomic E-state index is 11.9. The van der Waals surface area contributed by atoms with Crippen LogP contribution in [0.5, 0.6) is 0 Å². The third kappa shape index (κ3) is 5.10. The average molecular weight is 325 g/mol. The molecule has 1 saturated heterocycles. The second-order valence-corrected chi connectivity index (χ2v) is 5.90. The summed E-state index contributed by atoms with van der Waals surface area (Å²) in [6, 6.07) is 3.08. The van der Waals surface area contributed by atoms with Gasteiger partial charge in [0, 0.05) is 13.1 Å². The van der Waals surface area contributed by atoms with E-state index in [2.05, 4.69) is 10.9 Å². The van der Waals surface area contributed by atoms with E-state index >= 15 is 0 Å². The van der Waals surface area contributed by atoms with Crippen molar-refractivity contribution in [1.29, 1.82) is 0 Å². The van der Waals surface area contributed by atoms with Crippen molar-refractivity contribution < 1.29 is 18.8 Å². The molecule has 2 N–H and O–H groups in total. The molecule has 8 heteroatoms. The molecular formula is C14H19N3O4S. The normalized spacial score (nSPS) is 14.5. The number of nitrogens with zero attached hydrogens (tertiary/aromatic N) is 1. The van der Waals surface area contributed by atoms with Crippen LogP contribution in [0.2, 0.25) is 0 Å². The summed E-state index contributed by atoms with van der Waals surface area (Å²) in [5, 5.41) is 0. The van der Waals surface area contributed by atoms with Crippen LogP contribution in [0.25, 0.3) is 0 Å². The number of furan rings is 1. The Morgan fingerprint density at radius 3 is 2.59 bits per heavy atom. The Labute approximate surface area is 132 Å². The third-order valence-electron chi connectivity index (χ3n) is 3.23. The molecule has 1 aromatic rings. The highest BCUT2D eigenvalue weighted by Gasteiger charge is 2.16. The van der Waals surface area contributed by atoms with Gasteiger partial charge in [-0.05, 0) is 31.4 Å². The smallest absolute Gasteiger partial charge is 0.305 e. The fourth-order valence-electron chi connectivity index (χ4n) is 2.10. The van der Waals surface area contributed by atoms with Gasteiger partial charge < -0.3 is 9.32 Å². The Hall–Kier alpha value is -1.96. The fourth-order valence-corrected chi connectivity index (χ4v) is 2.81. The molecular weight excluding hydrogens is 306 g/mol. The molecule has 0 bridgehead atoms. The van der Waals surface area contributed by atoms with E-state index in [9.17, 15) is 14.4 Å². The minimum atomic E-state index is -0.521. The Bertz CT molecular complexity index is 512. The van der Waals surface area contributed by atoms with Crippen LogP contribution in [0.4, 0.5) is 0 Å². The number of piperidine rings is 1. The maximum Gasteiger partial charge on any atom is 0.305 e. The highest BCUT2D eigenvalue weighted by atomic mass is 32.2. The quantitative estimate of drug-likeness (QED) is 0.781. The van der Waals surface area contributed by atoms with Crippen molar-refractivity contribution in [2.24, 2.45) is 0 Å². The lowest BCUT2D eigenvalue weighted by molar-refractivity contribution is -0.129. The van der Waals surface area contributed by atoms with Crippen LogP contribution in [0.1, 0.15) is 29.8 Å². The first-order chi connectivity index (χ1) is 10.7. The fraction of sp³-hybridized carbons (Fsp3) is 0.500. The maximum absolute atomic E-state index is 11.9. The minimum Gasteiger partial charge on any atom is -0.459 e. The van der Waals surface area contributed by atoms with Crippen LogP contribution in [0, 0.1) is 0 Å². The molecule has 120 valence electrons. The van der Waals surface area contributed by atoms with Crippen molar-refractivity contribution in [3.05, 3.63) is 24.2 Å². The van der Waals surface area contributed by atoms with Crippen molar-refractivity contribution in [1.82, 2.24) is 15.8 Å². The largest absolute Gasteiger partial charge is 0.459 e. The Balaban J connectivity index is 1.59. The summed E-state index contributed by atoms with van der Waals surface area (Å²) in [5.74, 6) is -0.313. The van der Waals surface area contributed by atoms with Gasteiger partial charge in [-0.1, -0.05) is 0 Å². The molecule has 1 aromatic heterocycles. The number of rotatable bonds is 5. The van der Waals surface area contributed by atoms with Crippen LogP contribution in [-0.2, 0) is 9.59 Å². The zero-order valence-electron chi connectivity index (χ0n) is 12.2. The second-order valence-electron chi connectivity index (χ2n) is 4.91. The highest BCUT2D eigenvalue weighted by Crippen LogP contribution is 2.11. The number of amides is 3. The summed E-state index contributed by atoms with van der Waals surface area (Å²) in [7, 11) is 0. The van der Waals surface area contributed by atoms with Crippen LogP contribution in [0.15, 0.2) is 22.8 Å². The second kappa shape index (κ2) is 8.47. The zero-order valence-corrected chi connectivity index (χ0v) is 13.0. The standard InChI is InChI=1S/C14H19N3O4S/c18-12(15-16-14(20)11-5-4-8-21-11)9-22-10-13(19)17-6-2-1-3-7-17/h4-5,8H,1-3,6-7,9-10H2,(H,15,18)(H,16,20). The monoisotopic (exact) mass is 325 g/mol. The third-order valence-corrected chi connectivity index (χ3v) is 4.15. The Morgan fingerprint density at radius 1 is 1.14 bits per heavy atom. The molecule has 0 unspecified atom stereocenters. The molecule has 2 heterocycles. The van der Waals surface area contributed by atoms with Crippen molar-refractivity contribution in [3.8, 4) is 0 Å². The topological polar surface area (TPSA) is 91.7 Å². The van der Waals surface area contributed by atoms with Gasteiger partial charge in [0.15, 0.2) is 5.76 Å². The van der Waals surface area contributed by atoms with Crippen molar-refractivity contribution in [2.45, 2.75) is 19.3 Å². The molecule has 1 aliphatic heterocycles. The van der Waals surface area contributed by atoms with Crippen molar-refractivity contribution in [3.63, 3.8) is 0 Å². The van der Waals surface area contributed by atoms with Gasteiger partial charge in [-0.25, -0.2) is 0 Å². The van der Waals surface area contributed by atoms with E-state index in [0.29, 0.717) is 0 Å². The predicted molar refractivity (Wildman–Crippen MR) is 82.1 cm³/mol. The van der Waals surface area contributed by atoms with Gasteiger partial charge in [-0.2, -0.15) is 0 Å². The number of likely N-dealkylation sites (tertiary alicyclic amines) is 1. The molecule has 1 fully saturated rings. The summed E-state index contributed by atoms with van der Waals surface area (Å²) in [5.41, 5.74) is 4.53. The predicted octanol–water partition coefficient (Wildman–Crippen LogP) is 0.786. The van der Waals surface area contributed by atoms with Crippen molar-refractivity contribution >= 4 is 29.5 Å². The van der Waals surface area contributed by atoms with E-state index < -0.39 is 5.91 Å². The van der Waals surface area contributed by atoms with Crippen LogP contribution < -0.4 is 10.9 Å². The Kier molecular flexibility index (Phi) is 6.32. The zero-order chi connectivity index (χ0) is 15.8. The molecule has 0 radical (unpaired) electrons. The molecule has 1 aliphatic rings. The molecule has 0 saturated carbocycles. The molecule has 7 nitrogen and oxygen atoms in total. The Morgan fingerprint density at radius 2 is 1.91 bits per heavy atom. The number of thioether (sulfide) groups is 1. The van der Waals surface area contributed by atoms with Gasteiger partial charge in [0.05, 0.1) is 17.8 Å². The number of hydrogen-bond acceptors (Lipinski definition) is 5. The summed E-state index contributed by atoms with van der Waals surface area (Å²) in [4.78, 5) is 36.8. The number of carbonyl (C=O) groups excluding carboxylic acids is 3. The summed E-state index contributed by atoms with van der Waals surface area (Å²) < 4.78 is 4.89. The van der Waals surface area contributed by atoms with Gasteiger partial charge in [0.2, 0.25) is 11.8 Å².